The molecule has 6 heteroatoms. The van der Waals surface area contributed by atoms with E-state index in [1.165, 1.54) is 6.07 Å². The number of nitrogens with one attached hydrogen (secondary N) is 1. The molecule has 1 heterocycles. The van der Waals surface area contributed by atoms with Crippen molar-refractivity contribution in [3.8, 4) is 0 Å². The summed E-state index contributed by atoms with van der Waals surface area (Å²) in [7, 11) is 0. The molecule has 0 bridgehead atoms. The minimum atomic E-state index is -1.04. The van der Waals surface area contributed by atoms with Crippen molar-refractivity contribution < 1.29 is 23.0 Å². The van der Waals surface area contributed by atoms with Crippen LogP contribution in [0.15, 0.2) is 18.2 Å². The highest BCUT2D eigenvalue weighted by Gasteiger charge is 2.16. The number of carbonyl (C=O) groups is 1. The summed E-state index contributed by atoms with van der Waals surface area (Å²) in [5.41, 5.74) is 0.0853. The van der Waals surface area contributed by atoms with Gasteiger partial charge in [0.15, 0.2) is 17.9 Å². The molecule has 1 saturated heterocycles. The number of ether oxygens (including phenoxy) is 2. The van der Waals surface area contributed by atoms with E-state index in [2.05, 4.69) is 5.32 Å². The van der Waals surface area contributed by atoms with E-state index < -0.39 is 17.5 Å². The normalized spacial score (nSPS) is 15.9. The van der Waals surface area contributed by atoms with Crippen LogP contribution in [0.5, 0.6) is 0 Å². The second-order valence-corrected chi connectivity index (χ2v) is 3.84. The Morgan fingerprint density at radius 2 is 2.00 bits per heavy atom. The summed E-state index contributed by atoms with van der Waals surface area (Å²) < 4.78 is 36.0. The number of hydrogen-bond donors (Lipinski definition) is 1. The first-order valence-electron chi connectivity index (χ1n) is 5.63. The molecule has 1 fully saturated rings. The van der Waals surface area contributed by atoms with Crippen LogP contribution in [0.25, 0.3) is 0 Å². The van der Waals surface area contributed by atoms with Gasteiger partial charge in [0.2, 0.25) is 0 Å². The first kappa shape index (κ1) is 12.9. The van der Waals surface area contributed by atoms with Crippen LogP contribution in [0.4, 0.5) is 8.78 Å². The molecular formula is C12H13F2NO3. The Kier molecular flexibility index (Phi) is 4.22. The van der Waals surface area contributed by atoms with E-state index in [-0.39, 0.29) is 11.9 Å². The van der Waals surface area contributed by atoms with Crippen molar-refractivity contribution in [3.63, 3.8) is 0 Å². The van der Waals surface area contributed by atoms with Crippen LogP contribution in [-0.4, -0.2) is 32.0 Å². The van der Waals surface area contributed by atoms with Crippen molar-refractivity contribution in [3.05, 3.63) is 35.4 Å². The van der Waals surface area contributed by atoms with Crippen molar-refractivity contribution in [2.45, 2.75) is 12.7 Å². The van der Waals surface area contributed by atoms with Crippen molar-refractivity contribution in [1.29, 1.82) is 0 Å². The minimum Gasteiger partial charge on any atom is -0.352 e. The van der Waals surface area contributed by atoms with Gasteiger partial charge in [0, 0.05) is 18.5 Å². The molecule has 98 valence electrons. The predicted molar refractivity (Wildman–Crippen MR) is 59.0 cm³/mol. The Labute approximate surface area is 103 Å². The molecule has 4 nitrogen and oxygen atoms in total. The largest absolute Gasteiger partial charge is 0.352 e. The maximum absolute atomic E-state index is 12.9. The van der Waals surface area contributed by atoms with E-state index in [1.54, 1.807) is 0 Å². The molecule has 18 heavy (non-hydrogen) atoms. The number of carbonyl (C=O) groups excluding carboxylic acids is 1. The summed E-state index contributed by atoms with van der Waals surface area (Å²) in [5, 5.41) is 2.58. The lowest BCUT2D eigenvalue weighted by atomic mass is 10.2. The van der Waals surface area contributed by atoms with Gasteiger partial charge in [-0.2, -0.15) is 0 Å². The summed E-state index contributed by atoms with van der Waals surface area (Å²) in [6.07, 6.45) is 0.227. The van der Waals surface area contributed by atoms with E-state index in [1.807, 2.05) is 0 Å². The quantitative estimate of drug-likeness (QED) is 0.888. The molecule has 1 aliphatic rings. The Morgan fingerprint density at radius 3 is 2.67 bits per heavy atom. The van der Waals surface area contributed by atoms with Crippen molar-refractivity contribution in [2.24, 2.45) is 0 Å². The molecule has 0 aromatic heterocycles. The van der Waals surface area contributed by atoms with Crippen LogP contribution in [0.2, 0.25) is 0 Å². The first-order chi connectivity index (χ1) is 8.66. The maximum Gasteiger partial charge on any atom is 0.251 e. The lowest BCUT2D eigenvalue weighted by Crippen LogP contribution is -2.27. The third kappa shape index (κ3) is 3.24. The zero-order chi connectivity index (χ0) is 13.0. The summed E-state index contributed by atoms with van der Waals surface area (Å²) in [5.74, 6) is -2.46. The van der Waals surface area contributed by atoms with Crippen LogP contribution in [-0.2, 0) is 9.47 Å². The van der Waals surface area contributed by atoms with E-state index in [0.717, 1.165) is 12.1 Å². The molecule has 0 saturated carbocycles. The summed E-state index contributed by atoms with van der Waals surface area (Å²) in [6, 6.07) is 3.02. The second kappa shape index (κ2) is 5.88. The molecule has 2 rings (SSSR count). The highest BCUT2D eigenvalue weighted by atomic mass is 19.2. The Bertz CT molecular complexity index is 433. The topological polar surface area (TPSA) is 47.6 Å². The summed E-state index contributed by atoms with van der Waals surface area (Å²) in [4.78, 5) is 11.6. The van der Waals surface area contributed by atoms with Crippen LogP contribution in [0.1, 0.15) is 16.8 Å². The minimum absolute atomic E-state index is 0.0853. The summed E-state index contributed by atoms with van der Waals surface area (Å²) >= 11 is 0. The van der Waals surface area contributed by atoms with Gasteiger partial charge >= 0.3 is 0 Å². The molecule has 1 aromatic rings. The van der Waals surface area contributed by atoms with Gasteiger partial charge in [-0.3, -0.25) is 4.79 Å². The highest BCUT2D eigenvalue weighted by molar-refractivity contribution is 5.94. The Morgan fingerprint density at radius 1 is 1.28 bits per heavy atom. The number of hydrogen-bond acceptors (Lipinski definition) is 3. The average molecular weight is 257 g/mol. The first-order valence-corrected chi connectivity index (χ1v) is 5.63. The van der Waals surface area contributed by atoms with E-state index in [4.69, 9.17) is 9.47 Å². The predicted octanol–water partition coefficient (Wildman–Crippen LogP) is 1.46. The number of amides is 1. The highest BCUT2D eigenvalue weighted by Crippen LogP contribution is 2.09. The number of halogens is 2. The van der Waals surface area contributed by atoms with Gasteiger partial charge in [0.1, 0.15) is 0 Å². The van der Waals surface area contributed by atoms with Crippen LogP contribution in [0.3, 0.4) is 0 Å². The number of rotatable bonds is 4. The third-order valence-corrected chi connectivity index (χ3v) is 2.54. The molecule has 0 radical (unpaired) electrons. The summed E-state index contributed by atoms with van der Waals surface area (Å²) in [6.45, 7) is 1.46. The maximum atomic E-state index is 12.9. The molecule has 1 aromatic carbocycles. The van der Waals surface area contributed by atoms with E-state index >= 15 is 0 Å². The standard InChI is InChI=1S/C12H13F2NO3/c13-9-2-1-8(7-10(9)14)12(16)15-4-3-11-17-5-6-18-11/h1-2,7,11H,3-6H2,(H,15,16). The monoisotopic (exact) mass is 257 g/mol. The van der Waals surface area contributed by atoms with Crippen LogP contribution < -0.4 is 5.32 Å². The van der Waals surface area contributed by atoms with Gasteiger partial charge in [-0.25, -0.2) is 8.78 Å². The second-order valence-electron chi connectivity index (χ2n) is 3.84. The molecule has 1 N–H and O–H groups in total. The molecule has 0 aliphatic carbocycles. The van der Waals surface area contributed by atoms with Gasteiger partial charge < -0.3 is 14.8 Å². The molecule has 1 amide bonds. The van der Waals surface area contributed by atoms with Crippen molar-refractivity contribution >= 4 is 5.91 Å². The van der Waals surface area contributed by atoms with Gasteiger partial charge in [-0.15, -0.1) is 0 Å². The fraction of sp³-hybridized carbons (Fsp3) is 0.417. The lowest BCUT2D eigenvalue weighted by molar-refractivity contribution is -0.0455. The molecule has 0 atom stereocenters. The van der Waals surface area contributed by atoms with Gasteiger partial charge in [0.05, 0.1) is 13.2 Å². The smallest absolute Gasteiger partial charge is 0.251 e. The molecule has 1 aliphatic heterocycles. The SMILES string of the molecule is O=C(NCCC1OCCO1)c1ccc(F)c(F)c1. The van der Waals surface area contributed by atoms with Crippen molar-refractivity contribution in [2.75, 3.05) is 19.8 Å². The Hall–Kier alpha value is -1.53. The van der Waals surface area contributed by atoms with Crippen molar-refractivity contribution in [1.82, 2.24) is 5.32 Å². The van der Waals surface area contributed by atoms with Crippen LogP contribution >= 0.6 is 0 Å². The van der Waals surface area contributed by atoms with E-state index in [9.17, 15) is 13.6 Å². The third-order valence-electron chi connectivity index (χ3n) is 2.54. The molecular weight excluding hydrogens is 244 g/mol. The average Bonchev–Trinajstić information content (AvgIpc) is 2.85. The Balaban J connectivity index is 1.81. The fourth-order valence-electron chi connectivity index (χ4n) is 1.62. The number of benzene rings is 1. The zero-order valence-electron chi connectivity index (χ0n) is 9.62. The van der Waals surface area contributed by atoms with Gasteiger partial charge in [0.25, 0.3) is 5.91 Å². The molecule has 0 spiro atoms. The zero-order valence-corrected chi connectivity index (χ0v) is 9.62. The van der Waals surface area contributed by atoms with Crippen LogP contribution in [0, 0.1) is 11.6 Å². The van der Waals surface area contributed by atoms with E-state index in [0.29, 0.717) is 26.2 Å². The fourth-order valence-corrected chi connectivity index (χ4v) is 1.62. The van der Waals surface area contributed by atoms with Gasteiger partial charge in [-0.1, -0.05) is 0 Å². The molecule has 0 unspecified atom stereocenters. The lowest BCUT2D eigenvalue weighted by Gasteiger charge is -2.09. The van der Waals surface area contributed by atoms with Gasteiger partial charge in [-0.05, 0) is 18.2 Å².